The zero-order chi connectivity index (χ0) is 18.2. The molecule has 2 saturated heterocycles. The number of carbonyl (C=O) groups excluding carboxylic acids is 1. The zero-order valence-corrected chi connectivity index (χ0v) is 14.5. The lowest BCUT2D eigenvalue weighted by molar-refractivity contribution is -0.171. The van der Waals surface area contributed by atoms with Crippen molar-refractivity contribution in [3.05, 3.63) is 65.7 Å². The summed E-state index contributed by atoms with van der Waals surface area (Å²) in [5, 5.41) is 15.6. The van der Waals surface area contributed by atoms with Crippen molar-refractivity contribution < 1.29 is 19.5 Å². The van der Waals surface area contributed by atoms with Crippen LogP contribution in [-0.4, -0.2) is 28.7 Å². The molecule has 6 heteroatoms. The summed E-state index contributed by atoms with van der Waals surface area (Å²) in [5.41, 5.74) is 2.35. The Labute approximate surface area is 156 Å². The molecule has 1 N–H and O–H groups in total. The van der Waals surface area contributed by atoms with Gasteiger partial charge in [0.25, 0.3) is 0 Å². The minimum atomic E-state index is -0.879. The Morgan fingerprint density at radius 1 is 1.11 bits per heavy atom. The molecule has 4 heterocycles. The number of para-hydroxylation sites is 1. The van der Waals surface area contributed by atoms with E-state index in [9.17, 15) is 9.90 Å². The summed E-state index contributed by atoms with van der Waals surface area (Å²) in [4.78, 5) is 20.2. The Kier molecular flexibility index (Phi) is 2.95. The molecule has 4 aliphatic heterocycles. The van der Waals surface area contributed by atoms with Crippen LogP contribution in [0.4, 0.5) is 5.69 Å². The Morgan fingerprint density at radius 3 is 2.74 bits per heavy atom. The van der Waals surface area contributed by atoms with E-state index >= 15 is 0 Å². The maximum Gasteiger partial charge on any atom is 0.238 e. The van der Waals surface area contributed by atoms with E-state index in [-0.39, 0.29) is 17.7 Å². The van der Waals surface area contributed by atoms with Crippen LogP contribution in [0.15, 0.2) is 59.8 Å². The molecule has 2 aromatic rings. The predicted octanol–water partition coefficient (Wildman–Crippen LogP) is 2.58. The molecule has 1 spiro atoms. The first-order valence-electron chi connectivity index (χ1n) is 9.28. The van der Waals surface area contributed by atoms with Gasteiger partial charge in [-0.15, -0.1) is 0 Å². The van der Waals surface area contributed by atoms with Crippen LogP contribution in [-0.2, 0) is 14.4 Å². The van der Waals surface area contributed by atoms with Crippen LogP contribution < -0.4 is 4.90 Å². The standard InChI is InChI=1S/C21H18N2O4/c24-15-10-11-21-17(19(25)13-8-4-5-9-14(13)23(15)21)16-18(22-27-20(16)26-21)12-6-2-1-3-7-12/h1-9,16-17,19-20,25H,10-11H2. The van der Waals surface area contributed by atoms with Crippen molar-refractivity contribution in [1.29, 1.82) is 0 Å². The van der Waals surface area contributed by atoms with E-state index < -0.39 is 18.1 Å². The van der Waals surface area contributed by atoms with Crippen molar-refractivity contribution in [3.63, 3.8) is 0 Å². The van der Waals surface area contributed by atoms with E-state index in [0.29, 0.717) is 12.8 Å². The maximum absolute atomic E-state index is 12.8. The summed E-state index contributed by atoms with van der Waals surface area (Å²) >= 11 is 0. The molecular formula is C21H18N2O4. The van der Waals surface area contributed by atoms with Crippen LogP contribution in [0.2, 0.25) is 0 Å². The second-order valence-electron chi connectivity index (χ2n) is 7.56. The summed E-state index contributed by atoms with van der Waals surface area (Å²) in [5.74, 6) is -0.535. The molecule has 5 unspecified atom stereocenters. The highest BCUT2D eigenvalue weighted by molar-refractivity contribution is 6.05. The number of amides is 1. The van der Waals surface area contributed by atoms with Crippen LogP contribution in [0.3, 0.4) is 0 Å². The second-order valence-corrected chi connectivity index (χ2v) is 7.56. The number of benzene rings is 2. The van der Waals surface area contributed by atoms with E-state index in [1.165, 1.54) is 0 Å². The highest BCUT2D eigenvalue weighted by Crippen LogP contribution is 2.61. The molecule has 2 fully saturated rings. The van der Waals surface area contributed by atoms with Crippen molar-refractivity contribution in [3.8, 4) is 0 Å². The van der Waals surface area contributed by atoms with Crippen molar-refractivity contribution in [1.82, 2.24) is 0 Å². The van der Waals surface area contributed by atoms with E-state index in [1.54, 1.807) is 4.90 Å². The fourth-order valence-electron chi connectivity index (χ4n) is 5.28. The number of ether oxygens (including phenoxy) is 1. The average molecular weight is 362 g/mol. The fraction of sp³-hybridized carbons (Fsp3) is 0.333. The first-order chi connectivity index (χ1) is 13.2. The number of carbonyl (C=O) groups is 1. The lowest BCUT2D eigenvalue weighted by Crippen LogP contribution is -2.56. The quantitative estimate of drug-likeness (QED) is 0.846. The number of hydrogen-bond donors (Lipinski definition) is 1. The van der Waals surface area contributed by atoms with E-state index in [1.807, 2.05) is 54.6 Å². The average Bonchev–Trinajstić information content (AvgIpc) is 3.34. The molecule has 5 atom stereocenters. The van der Waals surface area contributed by atoms with E-state index in [2.05, 4.69) is 5.16 Å². The van der Waals surface area contributed by atoms with Crippen molar-refractivity contribution in [2.45, 2.75) is 31.0 Å². The van der Waals surface area contributed by atoms with Gasteiger partial charge >= 0.3 is 0 Å². The molecule has 6 nitrogen and oxygen atoms in total. The number of hydrogen-bond acceptors (Lipinski definition) is 5. The number of aliphatic hydroxyl groups is 1. The molecule has 2 aromatic carbocycles. The lowest BCUT2D eigenvalue weighted by Gasteiger charge is -2.46. The van der Waals surface area contributed by atoms with Gasteiger partial charge in [0.1, 0.15) is 0 Å². The van der Waals surface area contributed by atoms with Gasteiger partial charge in [-0.3, -0.25) is 9.69 Å². The molecule has 0 aliphatic carbocycles. The molecule has 27 heavy (non-hydrogen) atoms. The summed E-state index contributed by atoms with van der Waals surface area (Å²) in [6.07, 6.45) is -0.411. The SMILES string of the molecule is O=C1CCC23OC4ON=C(c5ccccc5)C4C2C(O)c2ccccc2N13. The number of fused-ring (bicyclic) bond motifs is 4. The number of nitrogens with zero attached hydrogens (tertiary/aromatic N) is 2. The number of anilines is 1. The third-order valence-corrected chi connectivity index (χ3v) is 6.32. The van der Waals surface area contributed by atoms with E-state index in [4.69, 9.17) is 9.57 Å². The number of rotatable bonds is 1. The smallest absolute Gasteiger partial charge is 0.238 e. The molecule has 1 amide bonds. The minimum absolute atomic E-state index is 0.0255. The summed E-state index contributed by atoms with van der Waals surface area (Å²) in [7, 11) is 0. The molecule has 0 radical (unpaired) electrons. The van der Waals surface area contributed by atoms with Crippen LogP contribution in [0.5, 0.6) is 0 Å². The highest BCUT2D eigenvalue weighted by Gasteiger charge is 2.70. The first-order valence-corrected chi connectivity index (χ1v) is 9.28. The van der Waals surface area contributed by atoms with Gasteiger partial charge in [-0.25, -0.2) is 0 Å². The van der Waals surface area contributed by atoms with Gasteiger partial charge < -0.3 is 14.7 Å². The summed E-state index contributed by atoms with van der Waals surface area (Å²) in [6, 6.07) is 17.4. The van der Waals surface area contributed by atoms with Crippen molar-refractivity contribution in [2.75, 3.05) is 4.90 Å². The normalized spacial score (nSPS) is 35.8. The minimum Gasteiger partial charge on any atom is -0.388 e. The lowest BCUT2D eigenvalue weighted by atomic mass is 9.72. The van der Waals surface area contributed by atoms with Gasteiger partial charge in [0, 0.05) is 18.4 Å². The monoisotopic (exact) mass is 362 g/mol. The molecule has 0 aromatic heterocycles. The largest absolute Gasteiger partial charge is 0.388 e. The third-order valence-electron chi connectivity index (χ3n) is 6.32. The molecule has 6 rings (SSSR count). The molecule has 136 valence electrons. The number of aliphatic hydroxyl groups excluding tert-OH is 1. The highest BCUT2D eigenvalue weighted by atomic mass is 16.8. The maximum atomic E-state index is 12.8. The second kappa shape index (κ2) is 5.18. The molecule has 0 bridgehead atoms. The van der Waals surface area contributed by atoms with Gasteiger partial charge in [-0.1, -0.05) is 53.7 Å². The van der Waals surface area contributed by atoms with Crippen molar-refractivity contribution >= 4 is 17.3 Å². The zero-order valence-electron chi connectivity index (χ0n) is 14.5. The third kappa shape index (κ3) is 1.82. The Balaban J connectivity index is 1.53. The van der Waals surface area contributed by atoms with Crippen LogP contribution in [0.1, 0.15) is 30.1 Å². The fourth-order valence-corrected chi connectivity index (χ4v) is 5.28. The number of oxime groups is 1. The first kappa shape index (κ1) is 15.4. The van der Waals surface area contributed by atoms with Gasteiger partial charge in [0.05, 0.1) is 29.3 Å². The van der Waals surface area contributed by atoms with Crippen LogP contribution in [0, 0.1) is 11.8 Å². The summed E-state index contributed by atoms with van der Waals surface area (Å²) < 4.78 is 6.36. The van der Waals surface area contributed by atoms with Gasteiger partial charge in [0.2, 0.25) is 12.2 Å². The van der Waals surface area contributed by atoms with Gasteiger partial charge in [-0.2, -0.15) is 0 Å². The van der Waals surface area contributed by atoms with Gasteiger partial charge in [-0.05, 0) is 11.6 Å². The Bertz CT molecular complexity index is 975. The van der Waals surface area contributed by atoms with Crippen molar-refractivity contribution in [2.24, 2.45) is 17.0 Å². The molecular weight excluding hydrogens is 344 g/mol. The Hall–Kier alpha value is -2.70. The molecule has 4 aliphatic rings. The topological polar surface area (TPSA) is 71.4 Å². The van der Waals surface area contributed by atoms with Crippen LogP contribution in [0.25, 0.3) is 0 Å². The predicted molar refractivity (Wildman–Crippen MR) is 96.8 cm³/mol. The van der Waals surface area contributed by atoms with Crippen LogP contribution >= 0.6 is 0 Å². The van der Waals surface area contributed by atoms with E-state index in [0.717, 1.165) is 22.5 Å². The summed E-state index contributed by atoms with van der Waals surface area (Å²) in [6.45, 7) is 0. The molecule has 0 saturated carbocycles. The Morgan fingerprint density at radius 2 is 1.89 bits per heavy atom. The van der Waals surface area contributed by atoms with Gasteiger partial charge in [0.15, 0.2) is 5.72 Å².